The average Bonchev–Trinajstić information content (AvgIpc) is 3.26. The van der Waals surface area contributed by atoms with Crippen molar-refractivity contribution in [2.24, 2.45) is 5.92 Å². The molecule has 1 atom stereocenters. The number of piperidine rings is 1. The van der Waals surface area contributed by atoms with Crippen molar-refractivity contribution in [2.75, 3.05) is 18.8 Å². The molecule has 0 aliphatic carbocycles. The van der Waals surface area contributed by atoms with Crippen LogP contribution in [0.5, 0.6) is 11.5 Å². The Morgan fingerprint density at radius 1 is 1.09 bits per heavy atom. The second-order valence-corrected chi connectivity index (χ2v) is 9.42. The molecule has 4 aromatic rings. The fraction of sp³-hybridized carbons (Fsp3) is 0.333. The van der Waals surface area contributed by atoms with Gasteiger partial charge in [-0.25, -0.2) is 14.6 Å². The van der Waals surface area contributed by atoms with Crippen LogP contribution in [0, 0.1) is 5.92 Å². The number of hydrogen-bond donors (Lipinski definition) is 1. The maximum Gasteiger partial charge on any atom is 0.222 e. The largest absolute Gasteiger partial charge is 0.457 e. The number of para-hydroxylation sites is 1. The van der Waals surface area contributed by atoms with E-state index in [1.807, 2.05) is 64.2 Å². The maximum absolute atomic E-state index is 12.7. The molecule has 1 saturated heterocycles. The first kappa shape index (κ1) is 22.8. The van der Waals surface area contributed by atoms with Crippen LogP contribution in [-0.4, -0.2) is 43.6 Å². The minimum atomic E-state index is 0.0334. The Bertz CT molecular complexity index is 1320. The third kappa shape index (κ3) is 4.82. The van der Waals surface area contributed by atoms with Crippen molar-refractivity contribution in [1.82, 2.24) is 24.6 Å². The number of anilines is 1. The van der Waals surface area contributed by atoms with Crippen molar-refractivity contribution in [3.63, 3.8) is 0 Å². The highest BCUT2D eigenvalue weighted by Gasteiger charge is 2.28. The predicted molar refractivity (Wildman–Crippen MR) is 136 cm³/mol. The Labute approximate surface area is 204 Å². The van der Waals surface area contributed by atoms with Crippen molar-refractivity contribution in [3.8, 4) is 22.8 Å². The highest BCUT2D eigenvalue weighted by Crippen LogP contribution is 2.35. The number of hydrogen-bond acceptors (Lipinski definition) is 6. The molecular formula is C27H30N6O2. The zero-order chi connectivity index (χ0) is 24.4. The van der Waals surface area contributed by atoms with Crippen molar-refractivity contribution in [3.05, 3.63) is 60.9 Å². The number of nitrogens with zero attached hydrogens (tertiary/aromatic N) is 5. The molecule has 1 fully saturated rings. The highest BCUT2D eigenvalue weighted by molar-refractivity contribution is 5.98. The van der Waals surface area contributed by atoms with Crippen LogP contribution >= 0.6 is 0 Å². The number of benzene rings is 2. The number of carbonyl (C=O) groups is 1. The van der Waals surface area contributed by atoms with Crippen molar-refractivity contribution in [2.45, 2.75) is 39.2 Å². The number of amides is 1. The highest BCUT2D eigenvalue weighted by atomic mass is 16.5. The lowest BCUT2D eigenvalue weighted by Crippen LogP contribution is -2.41. The molecule has 0 radical (unpaired) electrons. The molecule has 0 spiro atoms. The summed E-state index contributed by atoms with van der Waals surface area (Å²) in [7, 11) is 0. The SMILES string of the molecule is CC(C)CC(=O)N1CCC[C@H](n2nc(-c3ccc(Oc4ccccc4)cc3)c3c(N)ncnc32)C1. The Morgan fingerprint density at radius 2 is 1.83 bits per heavy atom. The van der Waals surface area contributed by atoms with Crippen LogP contribution < -0.4 is 10.5 Å². The van der Waals surface area contributed by atoms with E-state index in [-0.39, 0.29) is 11.9 Å². The monoisotopic (exact) mass is 470 g/mol. The molecule has 1 aliphatic rings. The number of rotatable bonds is 6. The van der Waals surface area contributed by atoms with Gasteiger partial charge in [0.15, 0.2) is 5.65 Å². The maximum atomic E-state index is 12.7. The quantitative estimate of drug-likeness (QED) is 0.422. The van der Waals surface area contributed by atoms with Gasteiger partial charge in [0.25, 0.3) is 0 Å². The molecule has 35 heavy (non-hydrogen) atoms. The molecule has 1 amide bonds. The third-order valence-corrected chi connectivity index (χ3v) is 6.30. The van der Waals surface area contributed by atoms with Crippen molar-refractivity contribution < 1.29 is 9.53 Å². The van der Waals surface area contributed by atoms with Crippen LogP contribution in [0.1, 0.15) is 39.2 Å². The number of carbonyl (C=O) groups excluding carboxylic acids is 1. The summed E-state index contributed by atoms with van der Waals surface area (Å²) < 4.78 is 7.87. The van der Waals surface area contributed by atoms with E-state index in [1.54, 1.807) is 0 Å². The van der Waals surface area contributed by atoms with Crippen LogP contribution in [-0.2, 0) is 4.79 Å². The van der Waals surface area contributed by atoms with Gasteiger partial charge >= 0.3 is 0 Å². The summed E-state index contributed by atoms with van der Waals surface area (Å²) in [5, 5.41) is 5.70. The van der Waals surface area contributed by atoms with E-state index < -0.39 is 0 Å². The Morgan fingerprint density at radius 3 is 2.57 bits per heavy atom. The number of likely N-dealkylation sites (tertiary alicyclic amines) is 1. The summed E-state index contributed by atoms with van der Waals surface area (Å²) in [6.07, 6.45) is 3.89. The molecule has 0 unspecified atom stereocenters. The summed E-state index contributed by atoms with van der Waals surface area (Å²) >= 11 is 0. The van der Waals surface area contributed by atoms with Gasteiger partial charge in [-0.15, -0.1) is 0 Å². The fourth-order valence-electron chi connectivity index (χ4n) is 4.62. The van der Waals surface area contributed by atoms with Crippen LogP contribution in [0.15, 0.2) is 60.9 Å². The smallest absolute Gasteiger partial charge is 0.222 e. The van der Waals surface area contributed by atoms with Gasteiger partial charge in [0.1, 0.15) is 29.3 Å². The summed E-state index contributed by atoms with van der Waals surface area (Å²) in [5.74, 6) is 2.44. The van der Waals surface area contributed by atoms with E-state index in [0.29, 0.717) is 30.3 Å². The molecule has 2 aromatic heterocycles. The fourth-order valence-corrected chi connectivity index (χ4v) is 4.62. The zero-order valence-electron chi connectivity index (χ0n) is 20.1. The summed E-state index contributed by atoms with van der Waals surface area (Å²) in [6, 6.07) is 17.5. The van der Waals surface area contributed by atoms with Gasteiger partial charge in [-0.2, -0.15) is 5.10 Å². The van der Waals surface area contributed by atoms with Crippen LogP contribution in [0.2, 0.25) is 0 Å². The second-order valence-electron chi connectivity index (χ2n) is 9.42. The average molecular weight is 471 g/mol. The number of aromatic nitrogens is 4. The number of nitrogen functional groups attached to an aromatic ring is 1. The molecular weight excluding hydrogens is 440 g/mol. The van der Waals surface area contributed by atoms with Gasteiger partial charge in [0, 0.05) is 25.1 Å². The van der Waals surface area contributed by atoms with Crippen LogP contribution in [0.3, 0.4) is 0 Å². The van der Waals surface area contributed by atoms with Gasteiger partial charge in [-0.1, -0.05) is 32.0 Å². The lowest BCUT2D eigenvalue weighted by Gasteiger charge is -2.33. The van der Waals surface area contributed by atoms with Crippen LogP contribution in [0.25, 0.3) is 22.3 Å². The molecule has 2 aromatic carbocycles. The Kier molecular flexibility index (Phi) is 6.35. The van der Waals surface area contributed by atoms with Gasteiger partial charge in [0.05, 0.1) is 11.4 Å². The molecule has 180 valence electrons. The lowest BCUT2D eigenvalue weighted by molar-refractivity contribution is -0.133. The predicted octanol–water partition coefficient (Wildman–Crippen LogP) is 5.08. The standard InChI is InChI=1S/C27H30N6O2/c1-18(2)15-23(34)32-14-6-7-20(16-32)33-27-24(26(28)29-17-30-27)25(31-33)19-10-12-22(13-11-19)35-21-8-4-3-5-9-21/h3-5,8-13,17-18,20H,6-7,14-16H2,1-2H3,(H2,28,29,30)/t20-/m0/s1. The van der Waals surface area contributed by atoms with E-state index >= 15 is 0 Å². The van der Waals surface area contributed by atoms with Crippen LogP contribution in [0.4, 0.5) is 5.82 Å². The first-order valence-electron chi connectivity index (χ1n) is 12.1. The normalized spacial score (nSPS) is 16.1. The van der Waals surface area contributed by atoms with Crippen molar-refractivity contribution >= 4 is 22.8 Å². The third-order valence-electron chi connectivity index (χ3n) is 6.30. The summed E-state index contributed by atoms with van der Waals surface area (Å²) in [5.41, 5.74) is 8.63. The lowest BCUT2D eigenvalue weighted by atomic mass is 10.0. The summed E-state index contributed by atoms with van der Waals surface area (Å²) in [6.45, 7) is 5.55. The molecule has 1 aliphatic heterocycles. The number of ether oxygens (including phenoxy) is 1. The molecule has 8 nitrogen and oxygen atoms in total. The molecule has 3 heterocycles. The van der Waals surface area contributed by atoms with E-state index in [0.717, 1.165) is 47.5 Å². The van der Waals surface area contributed by atoms with Gasteiger partial charge in [-0.3, -0.25) is 4.79 Å². The Hall–Kier alpha value is -3.94. The minimum Gasteiger partial charge on any atom is -0.457 e. The van der Waals surface area contributed by atoms with Gasteiger partial charge in [-0.05, 0) is 55.2 Å². The second kappa shape index (κ2) is 9.74. The van der Waals surface area contributed by atoms with Gasteiger partial charge in [0.2, 0.25) is 5.91 Å². The number of nitrogens with two attached hydrogens (primary N) is 1. The Balaban J connectivity index is 1.46. The van der Waals surface area contributed by atoms with Gasteiger partial charge < -0.3 is 15.4 Å². The van der Waals surface area contributed by atoms with E-state index in [1.165, 1.54) is 6.33 Å². The summed E-state index contributed by atoms with van der Waals surface area (Å²) in [4.78, 5) is 23.5. The number of fused-ring (bicyclic) bond motifs is 1. The van der Waals surface area contributed by atoms with E-state index in [4.69, 9.17) is 15.6 Å². The zero-order valence-corrected chi connectivity index (χ0v) is 20.1. The van der Waals surface area contributed by atoms with E-state index in [2.05, 4.69) is 23.8 Å². The van der Waals surface area contributed by atoms with Crippen molar-refractivity contribution in [1.29, 1.82) is 0 Å². The first-order valence-corrected chi connectivity index (χ1v) is 12.1. The minimum absolute atomic E-state index is 0.0334. The molecule has 0 bridgehead atoms. The topological polar surface area (TPSA) is 99.2 Å². The molecule has 8 heteroatoms. The molecule has 5 rings (SSSR count). The molecule has 0 saturated carbocycles. The van der Waals surface area contributed by atoms with E-state index in [9.17, 15) is 4.79 Å². The first-order chi connectivity index (χ1) is 17.0. The molecule has 2 N–H and O–H groups in total.